The van der Waals surface area contributed by atoms with Gasteiger partial charge in [0.25, 0.3) is 5.91 Å². The maximum atomic E-state index is 11.7. The van der Waals surface area contributed by atoms with Crippen LogP contribution in [0.25, 0.3) is 0 Å². The second kappa shape index (κ2) is 5.29. The van der Waals surface area contributed by atoms with Gasteiger partial charge in [0.05, 0.1) is 6.42 Å². The van der Waals surface area contributed by atoms with E-state index in [4.69, 9.17) is 14.6 Å². The molecule has 1 aliphatic heterocycles. The predicted molar refractivity (Wildman–Crippen MR) is 61.5 cm³/mol. The standard InChI is InChI=1S/C12H17NO5/c14-10(15)6-12(2-1-3-12)8-13-11(16)9-7-17-4-5-18-9/h7H,1-6,8H2,(H,13,16)(H,14,15). The highest BCUT2D eigenvalue weighted by Gasteiger charge is 2.39. The zero-order valence-corrected chi connectivity index (χ0v) is 10.1. The second-order valence-electron chi connectivity index (χ2n) is 4.81. The van der Waals surface area contributed by atoms with Crippen molar-refractivity contribution in [2.24, 2.45) is 5.41 Å². The van der Waals surface area contributed by atoms with Crippen molar-refractivity contribution in [3.8, 4) is 0 Å². The molecule has 0 bridgehead atoms. The van der Waals surface area contributed by atoms with E-state index in [1.165, 1.54) is 6.26 Å². The molecule has 0 atom stereocenters. The van der Waals surface area contributed by atoms with Gasteiger partial charge in [-0.1, -0.05) is 6.42 Å². The molecule has 1 fully saturated rings. The van der Waals surface area contributed by atoms with E-state index in [0.29, 0.717) is 19.8 Å². The van der Waals surface area contributed by atoms with Crippen molar-refractivity contribution in [1.82, 2.24) is 5.32 Å². The zero-order valence-electron chi connectivity index (χ0n) is 10.1. The summed E-state index contributed by atoms with van der Waals surface area (Å²) in [5, 5.41) is 11.6. The summed E-state index contributed by atoms with van der Waals surface area (Å²) < 4.78 is 10.1. The lowest BCUT2D eigenvalue weighted by Gasteiger charge is -2.40. The van der Waals surface area contributed by atoms with E-state index in [1.807, 2.05) is 0 Å². The Labute approximate surface area is 105 Å². The number of hydrogen-bond acceptors (Lipinski definition) is 4. The van der Waals surface area contributed by atoms with Gasteiger partial charge >= 0.3 is 5.97 Å². The van der Waals surface area contributed by atoms with Gasteiger partial charge in [-0.2, -0.15) is 0 Å². The predicted octanol–water partition coefficient (Wildman–Crippen LogP) is 0.636. The largest absolute Gasteiger partial charge is 0.494 e. The number of nitrogens with one attached hydrogen (secondary N) is 1. The van der Waals surface area contributed by atoms with Crippen LogP contribution in [0.5, 0.6) is 0 Å². The van der Waals surface area contributed by atoms with E-state index in [2.05, 4.69) is 5.32 Å². The Kier molecular flexibility index (Phi) is 3.74. The molecule has 2 aliphatic rings. The lowest BCUT2D eigenvalue weighted by atomic mass is 9.66. The summed E-state index contributed by atoms with van der Waals surface area (Å²) in [6.07, 6.45) is 4.10. The fourth-order valence-corrected chi connectivity index (χ4v) is 2.26. The maximum Gasteiger partial charge on any atom is 0.303 e. The van der Waals surface area contributed by atoms with Gasteiger partial charge in [0.1, 0.15) is 19.5 Å². The third kappa shape index (κ3) is 2.94. The highest BCUT2D eigenvalue weighted by molar-refractivity contribution is 5.91. The number of aliphatic carboxylic acids is 1. The van der Waals surface area contributed by atoms with Crippen molar-refractivity contribution in [2.75, 3.05) is 19.8 Å². The molecule has 1 heterocycles. The molecule has 18 heavy (non-hydrogen) atoms. The summed E-state index contributed by atoms with van der Waals surface area (Å²) in [7, 11) is 0. The Hall–Kier alpha value is -1.72. The normalized spacial score (nSPS) is 20.8. The molecule has 6 nitrogen and oxygen atoms in total. The average Bonchev–Trinajstić information content (AvgIpc) is 2.32. The molecular weight excluding hydrogens is 238 g/mol. The lowest BCUT2D eigenvalue weighted by Crippen LogP contribution is -2.44. The first-order chi connectivity index (χ1) is 8.61. The van der Waals surface area contributed by atoms with Crippen LogP contribution in [0.15, 0.2) is 12.0 Å². The van der Waals surface area contributed by atoms with Gasteiger partial charge in [-0.3, -0.25) is 9.59 Å². The Balaban J connectivity index is 1.84. The Bertz CT molecular complexity index is 373. The van der Waals surface area contributed by atoms with Crippen molar-refractivity contribution in [2.45, 2.75) is 25.7 Å². The van der Waals surface area contributed by atoms with E-state index in [-0.39, 0.29) is 23.5 Å². The number of carbonyl (C=O) groups excluding carboxylic acids is 1. The molecule has 0 aromatic heterocycles. The topological polar surface area (TPSA) is 84.9 Å². The van der Waals surface area contributed by atoms with Gasteiger partial charge in [-0.25, -0.2) is 0 Å². The van der Waals surface area contributed by atoms with Crippen LogP contribution < -0.4 is 5.32 Å². The molecular formula is C12H17NO5. The third-order valence-electron chi connectivity index (χ3n) is 3.44. The Morgan fingerprint density at radius 1 is 1.39 bits per heavy atom. The van der Waals surface area contributed by atoms with Gasteiger partial charge in [0.15, 0.2) is 0 Å². The summed E-state index contributed by atoms with van der Waals surface area (Å²) in [6, 6.07) is 0. The minimum Gasteiger partial charge on any atom is -0.494 e. The Morgan fingerprint density at radius 3 is 2.67 bits per heavy atom. The fraction of sp³-hybridized carbons (Fsp3) is 0.667. The van der Waals surface area contributed by atoms with Crippen LogP contribution in [0, 0.1) is 5.41 Å². The Morgan fingerprint density at radius 2 is 2.17 bits per heavy atom. The minimum atomic E-state index is -0.819. The molecule has 0 aromatic rings. The van der Waals surface area contributed by atoms with E-state index in [1.54, 1.807) is 0 Å². The number of carboxylic acid groups (broad SMARTS) is 1. The summed E-state index contributed by atoms with van der Waals surface area (Å²) in [4.78, 5) is 22.5. The van der Waals surface area contributed by atoms with Crippen molar-refractivity contribution in [3.05, 3.63) is 12.0 Å². The molecule has 0 saturated heterocycles. The number of amides is 1. The molecule has 0 spiro atoms. The average molecular weight is 255 g/mol. The van der Waals surface area contributed by atoms with Gasteiger partial charge in [0.2, 0.25) is 5.76 Å². The van der Waals surface area contributed by atoms with Crippen LogP contribution in [0.4, 0.5) is 0 Å². The van der Waals surface area contributed by atoms with Crippen molar-refractivity contribution in [1.29, 1.82) is 0 Å². The van der Waals surface area contributed by atoms with Gasteiger partial charge in [0, 0.05) is 6.54 Å². The highest BCUT2D eigenvalue weighted by Crippen LogP contribution is 2.43. The van der Waals surface area contributed by atoms with Crippen LogP contribution in [-0.2, 0) is 19.1 Å². The molecule has 2 rings (SSSR count). The number of carbonyl (C=O) groups is 2. The highest BCUT2D eigenvalue weighted by atomic mass is 16.6. The van der Waals surface area contributed by atoms with Gasteiger partial charge in [-0.05, 0) is 18.3 Å². The monoisotopic (exact) mass is 255 g/mol. The van der Waals surface area contributed by atoms with E-state index >= 15 is 0 Å². The molecule has 1 amide bonds. The summed E-state index contributed by atoms with van der Waals surface area (Å²) in [6.45, 7) is 1.18. The molecule has 0 radical (unpaired) electrons. The molecule has 1 saturated carbocycles. The van der Waals surface area contributed by atoms with Gasteiger partial charge in [-0.15, -0.1) is 0 Å². The van der Waals surface area contributed by atoms with Crippen LogP contribution in [0.3, 0.4) is 0 Å². The third-order valence-corrected chi connectivity index (χ3v) is 3.44. The number of ether oxygens (including phenoxy) is 2. The fourth-order valence-electron chi connectivity index (χ4n) is 2.26. The molecule has 100 valence electrons. The number of carboxylic acids is 1. The first kappa shape index (κ1) is 12.7. The number of rotatable bonds is 5. The smallest absolute Gasteiger partial charge is 0.303 e. The molecule has 0 aromatic carbocycles. The van der Waals surface area contributed by atoms with E-state index in [0.717, 1.165) is 19.3 Å². The molecule has 6 heteroatoms. The first-order valence-electron chi connectivity index (χ1n) is 6.06. The van der Waals surface area contributed by atoms with Crippen molar-refractivity contribution in [3.63, 3.8) is 0 Å². The molecule has 1 aliphatic carbocycles. The first-order valence-corrected chi connectivity index (χ1v) is 6.06. The summed E-state index contributed by atoms with van der Waals surface area (Å²) in [5.74, 6) is -1.00. The minimum absolute atomic E-state index is 0.101. The summed E-state index contributed by atoms with van der Waals surface area (Å²) >= 11 is 0. The maximum absolute atomic E-state index is 11.7. The SMILES string of the molecule is O=C(O)CC1(CNC(=O)C2=COCCO2)CCC1. The quantitative estimate of drug-likeness (QED) is 0.753. The lowest BCUT2D eigenvalue weighted by molar-refractivity contribution is -0.141. The second-order valence-corrected chi connectivity index (χ2v) is 4.81. The zero-order chi connectivity index (χ0) is 13.0. The molecule has 0 unspecified atom stereocenters. The van der Waals surface area contributed by atoms with Crippen LogP contribution in [0.2, 0.25) is 0 Å². The molecule has 2 N–H and O–H groups in total. The summed E-state index contributed by atoms with van der Waals surface area (Å²) in [5.41, 5.74) is -0.280. The van der Waals surface area contributed by atoms with Crippen LogP contribution in [-0.4, -0.2) is 36.7 Å². The van der Waals surface area contributed by atoms with Crippen molar-refractivity contribution < 1.29 is 24.2 Å². The number of hydrogen-bond donors (Lipinski definition) is 2. The van der Waals surface area contributed by atoms with Crippen LogP contribution in [0.1, 0.15) is 25.7 Å². The van der Waals surface area contributed by atoms with E-state index < -0.39 is 5.97 Å². The van der Waals surface area contributed by atoms with Crippen molar-refractivity contribution >= 4 is 11.9 Å². The van der Waals surface area contributed by atoms with Crippen LogP contribution >= 0.6 is 0 Å². The van der Waals surface area contributed by atoms with Gasteiger partial charge < -0.3 is 19.9 Å². The van der Waals surface area contributed by atoms with E-state index in [9.17, 15) is 9.59 Å².